The highest BCUT2D eigenvalue weighted by atomic mass is 35.5. The average Bonchev–Trinajstić information content (AvgIpc) is 3.18. The van der Waals surface area contributed by atoms with E-state index in [1.807, 2.05) is 18.2 Å². The number of alkyl carbamates (subject to hydrolysis) is 1. The van der Waals surface area contributed by atoms with Gasteiger partial charge < -0.3 is 19.7 Å². The van der Waals surface area contributed by atoms with E-state index in [2.05, 4.69) is 23.2 Å². The lowest BCUT2D eigenvalue weighted by molar-refractivity contribution is -0.152. The molecule has 2 aromatic rings. The zero-order valence-electron chi connectivity index (χ0n) is 21.6. The van der Waals surface area contributed by atoms with E-state index in [-0.39, 0.29) is 19.7 Å². The molecule has 0 radical (unpaired) electrons. The summed E-state index contributed by atoms with van der Waals surface area (Å²) in [6, 6.07) is 12.0. The number of hydrogen-bond donors (Lipinski definition) is 1. The van der Waals surface area contributed by atoms with Crippen LogP contribution < -0.4 is 5.32 Å². The summed E-state index contributed by atoms with van der Waals surface area (Å²) >= 11 is 12.1. The van der Waals surface area contributed by atoms with Crippen molar-refractivity contribution in [2.24, 2.45) is 0 Å². The number of halogens is 2. The van der Waals surface area contributed by atoms with Crippen LogP contribution in [-0.4, -0.2) is 57.8 Å². The summed E-state index contributed by atoms with van der Waals surface area (Å²) < 4.78 is 10.8. The van der Waals surface area contributed by atoms with Gasteiger partial charge in [-0.3, -0.25) is 4.79 Å². The summed E-state index contributed by atoms with van der Waals surface area (Å²) in [7, 11) is 3.64. The Hall–Kier alpha value is -2.01. The fraction of sp³-hybridized carbons (Fsp3) is 0.360. The molecule has 0 saturated carbocycles. The minimum absolute atomic E-state index is 0.0290. The molecule has 1 heterocycles. The summed E-state index contributed by atoms with van der Waals surface area (Å²) in [4.78, 5) is 55.2. The number of benzene rings is 2. The number of rotatable bonds is 8. The normalized spacial score (nSPS) is 16.3. The Morgan fingerprint density at radius 3 is 2.33 bits per heavy atom. The Balaban J connectivity index is 1.86. The zero-order chi connectivity index (χ0) is 28.9. The van der Waals surface area contributed by atoms with Crippen molar-refractivity contribution in [3.63, 3.8) is 0 Å². The molecule has 0 aromatic heterocycles. The molecule has 4 amide bonds. The van der Waals surface area contributed by atoms with Gasteiger partial charge in [-0.15, -0.1) is 17.9 Å². The van der Waals surface area contributed by atoms with E-state index in [1.54, 1.807) is 51.1 Å². The summed E-state index contributed by atoms with van der Waals surface area (Å²) in [6.07, 6.45) is -0.819. The van der Waals surface area contributed by atoms with E-state index in [4.69, 9.17) is 32.7 Å². The lowest BCUT2D eigenvalue weighted by Crippen LogP contribution is -2.53. The van der Waals surface area contributed by atoms with Gasteiger partial charge in [0.25, 0.3) is 5.91 Å². The van der Waals surface area contributed by atoms with Crippen molar-refractivity contribution < 1.29 is 28.7 Å². The van der Waals surface area contributed by atoms with E-state index < -0.39 is 48.7 Å². The highest BCUT2D eigenvalue weighted by Gasteiger charge is 2.48. The molecule has 0 spiro atoms. The van der Waals surface area contributed by atoms with E-state index in [1.165, 1.54) is 4.90 Å². The highest BCUT2D eigenvalue weighted by Crippen LogP contribution is 2.56. The van der Waals surface area contributed by atoms with Gasteiger partial charge in [-0.2, -0.15) is 0 Å². The van der Waals surface area contributed by atoms with Gasteiger partial charge in [-0.25, -0.2) is 19.3 Å². The first-order valence-electron chi connectivity index (χ1n) is 11.8. The number of carbonyl (C=O) groups excluding carboxylic acids is 4. The molecule has 1 aliphatic heterocycles. The molecule has 9 nitrogen and oxygen atoms in total. The number of nitrogens with zero attached hydrogens (tertiary/aromatic N) is 2. The molecule has 14 heteroatoms. The summed E-state index contributed by atoms with van der Waals surface area (Å²) in [5, 5.41) is 3.22. The zero-order valence-corrected chi connectivity index (χ0v) is 26.3. The van der Waals surface area contributed by atoms with Crippen molar-refractivity contribution in [3.8, 4) is 0 Å². The van der Waals surface area contributed by atoms with Crippen molar-refractivity contribution in [2.45, 2.75) is 51.3 Å². The van der Waals surface area contributed by atoms with Crippen LogP contribution in [0.2, 0.25) is 10.0 Å². The molecule has 1 aliphatic rings. The van der Waals surface area contributed by atoms with Crippen LogP contribution in [0.1, 0.15) is 31.9 Å². The maximum Gasteiger partial charge on any atom is 0.408 e. The molecule has 1 saturated heterocycles. The Kier molecular flexibility index (Phi) is 11.0. The van der Waals surface area contributed by atoms with Gasteiger partial charge in [-0.05, 0) is 51.3 Å². The maximum absolute atomic E-state index is 13.7. The first-order valence-corrected chi connectivity index (χ1v) is 17.2. The number of nitrogens with one attached hydrogen (secondary N) is 1. The van der Waals surface area contributed by atoms with Crippen LogP contribution in [0, 0.1) is 0 Å². The SMILES string of the molecule is CC(C)(C)OC(=O)NC(C(=O)N1C(=O)N(Cc2ccc(Cl)c(Cl)c2)CC1C(=O)OCc1ccccc1)P(P)P. The molecule has 3 rings (SSSR count). The van der Waals surface area contributed by atoms with Crippen molar-refractivity contribution in [2.75, 3.05) is 6.54 Å². The second-order valence-corrected chi connectivity index (χ2v) is 17.3. The molecule has 4 atom stereocenters. The number of ether oxygens (including phenoxy) is 2. The third-order valence-corrected chi connectivity index (χ3v) is 8.93. The van der Waals surface area contributed by atoms with Crippen LogP contribution in [0.25, 0.3) is 0 Å². The van der Waals surface area contributed by atoms with E-state index in [9.17, 15) is 19.2 Å². The first-order chi connectivity index (χ1) is 18.3. The van der Waals surface area contributed by atoms with Crippen LogP contribution >= 0.6 is 48.4 Å². The number of amides is 4. The molecule has 210 valence electrons. The molecular weight excluding hydrogens is 602 g/mol. The second-order valence-electron chi connectivity index (χ2n) is 9.72. The van der Waals surface area contributed by atoms with Gasteiger partial charge in [0.1, 0.15) is 18.0 Å². The Morgan fingerprint density at radius 1 is 1.08 bits per heavy atom. The molecule has 0 aliphatic carbocycles. The quantitative estimate of drug-likeness (QED) is 0.292. The first kappa shape index (κ1) is 31.5. The number of urea groups is 1. The van der Waals surface area contributed by atoms with Crippen LogP contribution in [-0.2, 0) is 32.2 Å². The predicted octanol–water partition coefficient (Wildman–Crippen LogP) is 5.78. The van der Waals surface area contributed by atoms with Crippen LogP contribution in [0.4, 0.5) is 9.59 Å². The van der Waals surface area contributed by atoms with Crippen LogP contribution in [0.15, 0.2) is 48.5 Å². The molecule has 1 N–H and O–H groups in total. The summed E-state index contributed by atoms with van der Waals surface area (Å²) in [6.45, 7) is 5.01. The van der Waals surface area contributed by atoms with Crippen molar-refractivity contribution in [1.82, 2.24) is 15.1 Å². The van der Waals surface area contributed by atoms with Crippen molar-refractivity contribution in [1.29, 1.82) is 0 Å². The maximum atomic E-state index is 13.7. The Labute approximate surface area is 243 Å². The third kappa shape index (κ3) is 8.74. The fourth-order valence-electron chi connectivity index (χ4n) is 3.71. The Morgan fingerprint density at radius 2 is 1.74 bits per heavy atom. The smallest absolute Gasteiger partial charge is 0.408 e. The molecule has 39 heavy (non-hydrogen) atoms. The minimum atomic E-state index is -1.29. The lowest BCUT2D eigenvalue weighted by Gasteiger charge is -2.29. The topological polar surface area (TPSA) is 105 Å². The van der Waals surface area contributed by atoms with Crippen LogP contribution in [0.3, 0.4) is 0 Å². The van der Waals surface area contributed by atoms with Crippen LogP contribution in [0.5, 0.6) is 0 Å². The van der Waals surface area contributed by atoms with E-state index >= 15 is 0 Å². The fourth-order valence-corrected chi connectivity index (χ4v) is 5.88. The van der Waals surface area contributed by atoms with E-state index in [0.717, 1.165) is 10.5 Å². The van der Waals surface area contributed by atoms with Gasteiger partial charge in [0, 0.05) is 6.54 Å². The average molecular weight is 632 g/mol. The molecular formula is C25H30Cl2N3O6P3. The van der Waals surface area contributed by atoms with E-state index in [0.29, 0.717) is 15.6 Å². The van der Waals surface area contributed by atoms with Gasteiger partial charge in [0.2, 0.25) is 0 Å². The number of esters is 1. The number of imide groups is 1. The van der Waals surface area contributed by atoms with Gasteiger partial charge in [-0.1, -0.05) is 59.6 Å². The number of hydrogen-bond acceptors (Lipinski definition) is 6. The monoisotopic (exact) mass is 631 g/mol. The summed E-state index contributed by atoms with van der Waals surface area (Å²) in [5.41, 5.74) is 0.612. The van der Waals surface area contributed by atoms with Gasteiger partial charge in [0.05, 0.1) is 16.6 Å². The molecule has 2 aromatic carbocycles. The van der Waals surface area contributed by atoms with Crippen molar-refractivity contribution in [3.05, 3.63) is 69.7 Å². The highest BCUT2D eigenvalue weighted by molar-refractivity contribution is 8.43. The lowest BCUT2D eigenvalue weighted by atomic mass is 10.2. The van der Waals surface area contributed by atoms with Crippen molar-refractivity contribution >= 4 is 72.4 Å². The molecule has 1 fully saturated rings. The standard InChI is InChI=1S/C25H30Cl2N3O6P3/c1-25(2,3)36-23(33)28-20(39(37)38)21(31)30-19(22(32)35-14-15-7-5-4-6-8-15)13-29(24(30)34)12-16-9-10-17(26)18(27)11-16/h4-11,19-20H,12-14,37-38H2,1-3H3,(H,28,33). The number of carbonyl (C=O) groups is 4. The predicted molar refractivity (Wildman–Crippen MR) is 159 cm³/mol. The largest absolute Gasteiger partial charge is 0.459 e. The molecule has 4 unspecified atom stereocenters. The third-order valence-electron chi connectivity index (χ3n) is 5.46. The summed E-state index contributed by atoms with van der Waals surface area (Å²) in [5.74, 6) is -2.63. The molecule has 0 bridgehead atoms. The van der Waals surface area contributed by atoms with Gasteiger partial charge >= 0.3 is 18.1 Å². The van der Waals surface area contributed by atoms with Gasteiger partial charge in [0.15, 0.2) is 6.04 Å². The second kappa shape index (κ2) is 13.6. The minimum Gasteiger partial charge on any atom is -0.459 e. The Bertz CT molecular complexity index is 1230.